The molecule has 0 amide bonds. The zero-order chi connectivity index (χ0) is 26.6. The molecule has 3 fully saturated rings. The average molecular weight is 528 g/mol. The molecule has 1 aromatic carbocycles. The van der Waals surface area contributed by atoms with Crippen LogP contribution < -0.4 is 0 Å². The molecule has 4 aliphatic rings. The highest BCUT2D eigenvalue weighted by atomic mass is 32.2. The molecule has 0 unspecified atom stereocenters. The van der Waals surface area contributed by atoms with Gasteiger partial charge in [0.25, 0.3) is 10.0 Å². The van der Waals surface area contributed by atoms with Crippen LogP contribution in [0.1, 0.15) is 84.1 Å². The minimum atomic E-state index is -3.94. The van der Waals surface area contributed by atoms with Gasteiger partial charge in [0, 0.05) is 6.42 Å². The van der Waals surface area contributed by atoms with E-state index in [0.29, 0.717) is 30.6 Å². The number of ketones is 1. The number of carbonyl (C=O) groups is 1. The Hall–Kier alpha value is -1.99. The SMILES string of the molecule is CCOC(C[C@]1(O)CC[C@H]2[C@@H]3CCC4=CC(=O)CC[C@]4(C)[C@H]3CC[C@@]21C)=NS(=O)(=O)c1ccc(C)cc1. The molecule has 37 heavy (non-hydrogen) atoms. The first-order valence-electron chi connectivity index (χ1n) is 13.9. The summed E-state index contributed by atoms with van der Waals surface area (Å²) >= 11 is 0. The van der Waals surface area contributed by atoms with Crippen molar-refractivity contribution in [1.29, 1.82) is 0 Å². The third-order valence-electron chi connectivity index (χ3n) is 10.6. The Bertz CT molecular complexity index is 1230. The number of benzene rings is 1. The molecular weight excluding hydrogens is 486 g/mol. The Morgan fingerprint density at radius 3 is 2.46 bits per heavy atom. The zero-order valence-corrected chi connectivity index (χ0v) is 23.4. The summed E-state index contributed by atoms with van der Waals surface area (Å²) < 4.78 is 36.0. The Morgan fingerprint density at radius 1 is 1.05 bits per heavy atom. The molecule has 0 aliphatic heterocycles. The maximum Gasteiger partial charge on any atom is 0.285 e. The van der Waals surface area contributed by atoms with E-state index in [1.165, 1.54) is 5.57 Å². The molecule has 0 heterocycles. The lowest BCUT2D eigenvalue weighted by molar-refractivity contribution is -0.128. The van der Waals surface area contributed by atoms with Gasteiger partial charge in [-0.05, 0) is 106 Å². The highest BCUT2D eigenvalue weighted by Crippen LogP contribution is 2.68. The Kier molecular flexibility index (Phi) is 6.71. The van der Waals surface area contributed by atoms with Crippen molar-refractivity contribution in [1.82, 2.24) is 0 Å². The number of aliphatic hydroxyl groups is 1. The Balaban J connectivity index is 1.41. The van der Waals surface area contributed by atoms with E-state index in [1.807, 2.05) is 19.9 Å². The van der Waals surface area contributed by atoms with Crippen molar-refractivity contribution in [2.45, 2.75) is 96.0 Å². The lowest BCUT2D eigenvalue weighted by Crippen LogP contribution is -2.55. The molecule has 6 atom stereocenters. The number of ether oxygens (including phenoxy) is 1. The first-order valence-corrected chi connectivity index (χ1v) is 15.4. The van der Waals surface area contributed by atoms with Gasteiger partial charge in [-0.25, -0.2) is 0 Å². The first-order chi connectivity index (χ1) is 17.4. The number of allylic oxidation sites excluding steroid dienone is 1. The summed E-state index contributed by atoms with van der Waals surface area (Å²) in [7, 11) is -3.94. The number of aryl methyl sites for hydroxylation is 1. The molecule has 0 saturated heterocycles. The van der Waals surface area contributed by atoms with Crippen LogP contribution in [-0.4, -0.2) is 37.4 Å². The van der Waals surface area contributed by atoms with E-state index >= 15 is 0 Å². The van der Waals surface area contributed by atoms with Crippen LogP contribution in [0.4, 0.5) is 0 Å². The van der Waals surface area contributed by atoms with Crippen LogP contribution in [0.25, 0.3) is 0 Å². The molecule has 0 aromatic heterocycles. The highest BCUT2D eigenvalue weighted by molar-refractivity contribution is 7.90. The molecule has 1 aromatic rings. The van der Waals surface area contributed by atoms with Crippen molar-refractivity contribution in [3.05, 3.63) is 41.5 Å². The average Bonchev–Trinajstić information content (AvgIpc) is 3.10. The second-order valence-electron chi connectivity index (χ2n) is 12.4. The summed E-state index contributed by atoms with van der Waals surface area (Å²) in [5.41, 5.74) is 0.996. The molecule has 4 aliphatic carbocycles. The summed E-state index contributed by atoms with van der Waals surface area (Å²) in [6, 6.07) is 6.63. The van der Waals surface area contributed by atoms with E-state index in [0.717, 1.165) is 44.1 Å². The predicted molar refractivity (Wildman–Crippen MR) is 144 cm³/mol. The van der Waals surface area contributed by atoms with Crippen molar-refractivity contribution >= 4 is 21.7 Å². The molecule has 202 valence electrons. The number of hydrogen-bond acceptors (Lipinski definition) is 5. The van der Waals surface area contributed by atoms with E-state index in [9.17, 15) is 18.3 Å². The normalized spacial score (nSPS) is 37.9. The fourth-order valence-electron chi connectivity index (χ4n) is 8.38. The minimum absolute atomic E-state index is 0.0823. The molecule has 0 spiro atoms. The number of rotatable bonds is 5. The van der Waals surface area contributed by atoms with Gasteiger partial charge in [-0.15, -0.1) is 4.40 Å². The summed E-state index contributed by atoms with van der Waals surface area (Å²) in [5.74, 6) is 1.77. The van der Waals surface area contributed by atoms with E-state index < -0.39 is 15.6 Å². The van der Waals surface area contributed by atoms with Crippen molar-refractivity contribution in [3.8, 4) is 0 Å². The predicted octanol–water partition coefficient (Wildman–Crippen LogP) is 5.77. The number of hydrogen-bond donors (Lipinski definition) is 1. The van der Waals surface area contributed by atoms with E-state index in [2.05, 4.69) is 18.2 Å². The van der Waals surface area contributed by atoms with Crippen molar-refractivity contribution in [2.24, 2.45) is 33.0 Å². The second-order valence-corrected chi connectivity index (χ2v) is 14.0. The molecule has 3 saturated carbocycles. The molecule has 0 bridgehead atoms. The van der Waals surface area contributed by atoms with Gasteiger partial charge in [-0.3, -0.25) is 4.79 Å². The Labute approximate surface area is 221 Å². The van der Waals surface area contributed by atoms with Gasteiger partial charge in [0.2, 0.25) is 5.90 Å². The number of sulfonamides is 1. The number of carbonyl (C=O) groups excluding carboxylic acids is 1. The molecule has 6 nitrogen and oxygen atoms in total. The Morgan fingerprint density at radius 2 is 1.76 bits per heavy atom. The van der Waals surface area contributed by atoms with Crippen LogP contribution in [-0.2, 0) is 19.6 Å². The van der Waals surface area contributed by atoms with Crippen LogP contribution in [0.2, 0.25) is 0 Å². The van der Waals surface area contributed by atoms with Crippen LogP contribution >= 0.6 is 0 Å². The monoisotopic (exact) mass is 527 g/mol. The summed E-state index contributed by atoms with van der Waals surface area (Å²) in [4.78, 5) is 12.3. The van der Waals surface area contributed by atoms with E-state index in [4.69, 9.17) is 4.74 Å². The maximum absolute atomic E-state index is 13.1. The third-order valence-corrected chi connectivity index (χ3v) is 11.9. The molecule has 0 radical (unpaired) electrons. The van der Waals surface area contributed by atoms with Gasteiger partial charge in [0.15, 0.2) is 5.78 Å². The fourth-order valence-corrected chi connectivity index (χ4v) is 9.35. The maximum atomic E-state index is 13.1. The number of fused-ring (bicyclic) bond motifs is 5. The van der Waals surface area contributed by atoms with Gasteiger partial charge < -0.3 is 9.84 Å². The smallest absolute Gasteiger partial charge is 0.285 e. The summed E-state index contributed by atoms with van der Waals surface area (Å²) in [6.45, 7) is 8.57. The van der Waals surface area contributed by atoms with Crippen molar-refractivity contribution in [3.63, 3.8) is 0 Å². The topological polar surface area (TPSA) is 93.0 Å². The number of nitrogens with zero attached hydrogens (tertiary/aromatic N) is 1. The minimum Gasteiger partial charge on any atom is -0.480 e. The standard InChI is InChI=1S/C30H41NO5S/c1-5-36-27(31-37(34,35)23-9-6-20(2)7-10-23)19-30(33)17-14-26-24-11-8-21-18-22(32)12-15-28(21,3)25(24)13-16-29(26,30)4/h6-7,9-10,18,24-26,33H,5,8,11-17,19H2,1-4H3/t24-,25+,26+,28+,29+,30-/m1/s1. The van der Waals surface area contributed by atoms with Crippen LogP contribution in [0.3, 0.4) is 0 Å². The van der Waals surface area contributed by atoms with Gasteiger partial charge in [0.05, 0.1) is 23.5 Å². The lowest BCUT2D eigenvalue weighted by atomic mass is 9.46. The van der Waals surface area contributed by atoms with E-state index in [-0.39, 0.29) is 40.4 Å². The van der Waals surface area contributed by atoms with Gasteiger partial charge in [-0.1, -0.05) is 37.1 Å². The highest BCUT2D eigenvalue weighted by Gasteiger charge is 2.64. The van der Waals surface area contributed by atoms with Gasteiger partial charge in [0.1, 0.15) is 0 Å². The fraction of sp³-hybridized carbons (Fsp3) is 0.667. The van der Waals surface area contributed by atoms with Gasteiger partial charge >= 0.3 is 0 Å². The largest absolute Gasteiger partial charge is 0.480 e. The van der Waals surface area contributed by atoms with Crippen LogP contribution in [0.5, 0.6) is 0 Å². The van der Waals surface area contributed by atoms with Crippen molar-refractivity contribution in [2.75, 3.05) is 6.61 Å². The molecule has 7 heteroatoms. The van der Waals surface area contributed by atoms with Crippen molar-refractivity contribution < 1.29 is 23.1 Å². The zero-order valence-electron chi connectivity index (χ0n) is 22.6. The van der Waals surface area contributed by atoms with Gasteiger partial charge in [-0.2, -0.15) is 8.42 Å². The molecule has 1 N–H and O–H groups in total. The first kappa shape index (κ1) is 26.6. The summed E-state index contributed by atoms with van der Waals surface area (Å²) in [6.07, 6.45) is 9.08. The lowest BCUT2D eigenvalue weighted by Gasteiger charge is -2.59. The van der Waals surface area contributed by atoms with Crippen LogP contribution in [0, 0.1) is 35.5 Å². The van der Waals surface area contributed by atoms with E-state index in [1.54, 1.807) is 24.3 Å². The second kappa shape index (κ2) is 9.33. The molecular formula is C30H41NO5S. The summed E-state index contributed by atoms with van der Waals surface area (Å²) in [5, 5.41) is 12.2. The molecule has 5 rings (SSSR count). The van der Waals surface area contributed by atoms with Crippen LogP contribution in [0.15, 0.2) is 45.2 Å². The third kappa shape index (κ3) is 4.40. The quantitative estimate of drug-likeness (QED) is 0.387.